The number of benzene rings is 1. The van der Waals surface area contributed by atoms with Crippen LogP contribution in [0, 0.1) is 6.92 Å². The van der Waals surface area contributed by atoms with E-state index < -0.39 is 0 Å². The maximum Gasteiger partial charge on any atom is 0.318 e. The Morgan fingerprint density at radius 3 is 2.79 bits per heavy atom. The summed E-state index contributed by atoms with van der Waals surface area (Å²) < 4.78 is 5.06. The van der Waals surface area contributed by atoms with Crippen LogP contribution in [-0.2, 0) is 0 Å². The summed E-state index contributed by atoms with van der Waals surface area (Å²) in [6, 6.07) is 8.02. The molecule has 0 bridgehead atoms. The van der Waals surface area contributed by atoms with Gasteiger partial charge in [0.2, 0.25) is 5.89 Å². The first-order valence-corrected chi connectivity index (χ1v) is 9.32. The molecule has 6 nitrogen and oxygen atoms in total. The van der Waals surface area contributed by atoms with Gasteiger partial charge in [0.1, 0.15) is 0 Å². The number of aromatic nitrogens is 2. The van der Waals surface area contributed by atoms with Crippen LogP contribution in [-0.4, -0.2) is 33.9 Å². The molecular weight excluding hydrogens is 324 g/mol. The average molecular weight is 346 g/mol. The smallest absolute Gasteiger partial charge is 0.318 e. The number of carbonyl (C=O) groups is 1. The number of nitrogens with zero attached hydrogens (tertiary/aromatic N) is 3. The molecule has 0 unspecified atom stereocenters. The molecule has 2 amide bonds. The van der Waals surface area contributed by atoms with Crippen molar-refractivity contribution in [3.05, 3.63) is 41.5 Å². The zero-order valence-electron chi connectivity index (χ0n) is 14.2. The van der Waals surface area contributed by atoms with Crippen molar-refractivity contribution < 1.29 is 9.32 Å². The molecule has 1 aliphatic heterocycles. The summed E-state index contributed by atoms with van der Waals surface area (Å²) in [7, 11) is 0. The minimum Gasteiger partial charge on any atom is -0.340 e. The van der Waals surface area contributed by atoms with Crippen LogP contribution >= 0.6 is 11.8 Å². The number of urea groups is 1. The monoisotopic (exact) mass is 346 g/mol. The van der Waals surface area contributed by atoms with E-state index in [4.69, 9.17) is 4.52 Å². The normalized spacial score (nSPS) is 18.6. The number of hydrogen-bond donors (Lipinski definition) is 1. The Hall–Kier alpha value is -2.02. The van der Waals surface area contributed by atoms with Crippen molar-refractivity contribution in [1.29, 1.82) is 0 Å². The predicted octanol–water partition coefficient (Wildman–Crippen LogP) is 3.71. The van der Waals surface area contributed by atoms with Crippen molar-refractivity contribution in [3.8, 4) is 0 Å². The van der Waals surface area contributed by atoms with Gasteiger partial charge in [-0.05, 0) is 43.7 Å². The molecule has 1 N–H and O–H groups in total. The second-order valence-electron chi connectivity index (χ2n) is 5.97. The molecule has 0 aliphatic carbocycles. The van der Waals surface area contributed by atoms with E-state index in [0.29, 0.717) is 18.3 Å². The van der Waals surface area contributed by atoms with E-state index in [1.165, 1.54) is 4.90 Å². The van der Waals surface area contributed by atoms with Crippen molar-refractivity contribution in [3.63, 3.8) is 0 Å². The molecule has 0 radical (unpaired) electrons. The fourth-order valence-electron chi connectivity index (χ4n) is 2.97. The highest BCUT2D eigenvalue weighted by atomic mass is 32.2. The summed E-state index contributed by atoms with van der Waals surface area (Å²) in [6.07, 6.45) is 3.86. The molecule has 3 rings (SSSR count). The molecule has 2 atom stereocenters. The first kappa shape index (κ1) is 16.8. The fraction of sp³-hybridized carbons (Fsp3) is 0.471. The Kier molecular flexibility index (Phi) is 5.08. The lowest BCUT2D eigenvalue weighted by Crippen LogP contribution is -2.40. The SMILES string of the molecule is CSc1ccc([C@@H](C)NC(=O)N2CCC[C@@H]2c2noc(C)n2)cc1. The number of aryl methyl sites for hydroxylation is 1. The number of rotatable bonds is 4. The Bertz CT molecular complexity index is 701. The van der Waals surface area contributed by atoms with Gasteiger partial charge in [-0.3, -0.25) is 0 Å². The molecule has 1 aromatic carbocycles. The molecule has 1 fully saturated rings. The van der Waals surface area contributed by atoms with Crippen LogP contribution in [0.25, 0.3) is 0 Å². The van der Waals surface area contributed by atoms with Crippen molar-refractivity contribution in [1.82, 2.24) is 20.4 Å². The lowest BCUT2D eigenvalue weighted by molar-refractivity contribution is 0.186. The Labute approximate surface area is 146 Å². The average Bonchev–Trinajstić information content (AvgIpc) is 3.23. The predicted molar refractivity (Wildman–Crippen MR) is 92.9 cm³/mol. The molecular formula is C17H22N4O2S. The number of amides is 2. The second kappa shape index (κ2) is 7.25. The minimum absolute atomic E-state index is 0.0540. The van der Waals surface area contributed by atoms with Crippen molar-refractivity contribution in [2.24, 2.45) is 0 Å². The van der Waals surface area contributed by atoms with Crippen LogP contribution in [0.5, 0.6) is 0 Å². The van der Waals surface area contributed by atoms with Gasteiger partial charge in [0, 0.05) is 18.4 Å². The van der Waals surface area contributed by atoms with Gasteiger partial charge in [-0.1, -0.05) is 17.3 Å². The maximum absolute atomic E-state index is 12.7. The van der Waals surface area contributed by atoms with Crippen molar-refractivity contribution >= 4 is 17.8 Å². The van der Waals surface area contributed by atoms with Crippen LogP contribution in [0.3, 0.4) is 0 Å². The summed E-state index contributed by atoms with van der Waals surface area (Å²) in [5, 5.41) is 7.05. The summed E-state index contributed by atoms with van der Waals surface area (Å²) in [5.41, 5.74) is 1.09. The zero-order chi connectivity index (χ0) is 17.1. The summed E-state index contributed by atoms with van der Waals surface area (Å²) in [4.78, 5) is 20.0. The highest BCUT2D eigenvalue weighted by molar-refractivity contribution is 7.98. The fourth-order valence-corrected chi connectivity index (χ4v) is 3.38. The number of likely N-dealkylation sites (tertiary alicyclic amines) is 1. The first-order chi connectivity index (χ1) is 11.6. The summed E-state index contributed by atoms with van der Waals surface area (Å²) >= 11 is 1.71. The van der Waals surface area contributed by atoms with Crippen LogP contribution < -0.4 is 5.32 Å². The first-order valence-electron chi connectivity index (χ1n) is 8.10. The van der Waals surface area contributed by atoms with Crippen LogP contribution in [0.15, 0.2) is 33.7 Å². The van der Waals surface area contributed by atoms with Crippen LogP contribution in [0.2, 0.25) is 0 Å². The molecule has 0 spiro atoms. The molecule has 128 valence electrons. The van der Waals surface area contributed by atoms with Gasteiger partial charge in [-0.2, -0.15) is 4.98 Å². The molecule has 1 aliphatic rings. The van der Waals surface area contributed by atoms with Crippen LogP contribution in [0.4, 0.5) is 4.79 Å². The van der Waals surface area contributed by atoms with Gasteiger partial charge in [0.15, 0.2) is 5.82 Å². The van der Waals surface area contributed by atoms with Gasteiger partial charge in [0.05, 0.1) is 12.1 Å². The third kappa shape index (κ3) is 3.56. The van der Waals surface area contributed by atoms with E-state index in [9.17, 15) is 4.79 Å². The molecule has 7 heteroatoms. The molecule has 2 heterocycles. The summed E-state index contributed by atoms with van der Waals surface area (Å²) in [6.45, 7) is 4.47. The van der Waals surface area contributed by atoms with Crippen molar-refractivity contribution in [2.45, 2.75) is 43.7 Å². The highest BCUT2D eigenvalue weighted by Crippen LogP contribution is 2.30. The Balaban J connectivity index is 1.66. The topological polar surface area (TPSA) is 71.3 Å². The number of hydrogen-bond acceptors (Lipinski definition) is 5. The zero-order valence-corrected chi connectivity index (χ0v) is 15.0. The largest absolute Gasteiger partial charge is 0.340 e. The van der Waals surface area contributed by atoms with E-state index in [0.717, 1.165) is 18.4 Å². The number of carbonyl (C=O) groups excluding carboxylic acids is 1. The van der Waals surface area contributed by atoms with Gasteiger partial charge >= 0.3 is 6.03 Å². The highest BCUT2D eigenvalue weighted by Gasteiger charge is 2.33. The van der Waals surface area contributed by atoms with Gasteiger partial charge in [0.25, 0.3) is 0 Å². The van der Waals surface area contributed by atoms with Crippen molar-refractivity contribution in [2.75, 3.05) is 12.8 Å². The van der Waals surface area contributed by atoms with E-state index in [1.807, 2.05) is 13.2 Å². The lowest BCUT2D eigenvalue weighted by atomic mass is 10.1. The second-order valence-corrected chi connectivity index (χ2v) is 6.85. The molecule has 1 saturated heterocycles. The van der Waals surface area contributed by atoms with Gasteiger partial charge in [-0.25, -0.2) is 4.79 Å². The molecule has 2 aromatic rings. The number of nitrogens with one attached hydrogen (secondary N) is 1. The van der Waals surface area contributed by atoms with E-state index in [2.05, 4.69) is 39.7 Å². The third-order valence-corrected chi connectivity index (χ3v) is 5.05. The third-order valence-electron chi connectivity index (χ3n) is 4.31. The minimum atomic E-state index is -0.103. The van der Waals surface area contributed by atoms with E-state index >= 15 is 0 Å². The summed E-state index contributed by atoms with van der Waals surface area (Å²) in [5.74, 6) is 1.12. The standard InChI is InChI=1S/C17H22N4O2S/c1-11(13-6-8-14(24-3)9-7-13)18-17(22)21-10-4-5-15(21)16-19-12(2)23-20-16/h6-9,11,15H,4-5,10H2,1-3H3,(H,18,22)/t11-,15-/m1/s1. The van der Waals surface area contributed by atoms with Gasteiger partial charge < -0.3 is 14.7 Å². The number of thioether (sulfide) groups is 1. The molecule has 1 aromatic heterocycles. The molecule has 24 heavy (non-hydrogen) atoms. The van der Waals surface area contributed by atoms with E-state index in [-0.39, 0.29) is 18.1 Å². The Morgan fingerprint density at radius 1 is 1.42 bits per heavy atom. The lowest BCUT2D eigenvalue weighted by Gasteiger charge is -2.25. The Morgan fingerprint density at radius 2 is 2.17 bits per heavy atom. The molecule has 0 saturated carbocycles. The van der Waals surface area contributed by atoms with Crippen LogP contribution in [0.1, 0.15) is 49.1 Å². The quantitative estimate of drug-likeness (QED) is 0.855. The van der Waals surface area contributed by atoms with Gasteiger partial charge in [-0.15, -0.1) is 11.8 Å². The maximum atomic E-state index is 12.7. The van der Waals surface area contributed by atoms with E-state index in [1.54, 1.807) is 23.6 Å².